The summed E-state index contributed by atoms with van der Waals surface area (Å²) in [6.45, 7) is 6.54. The molecule has 108 valence electrons. The molecule has 2 aromatic rings. The van der Waals surface area contributed by atoms with Crippen LogP contribution in [0.4, 0.5) is 13.2 Å². The second kappa shape index (κ2) is 5.28. The van der Waals surface area contributed by atoms with Crippen molar-refractivity contribution in [2.24, 2.45) is 0 Å². The number of nitrogens with zero attached hydrogens (tertiary/aromatic N) is 2. The molecule has 1 N–H and O–H groups in total. The zero-order chi connectivity index (χ0) is 14.9. The molecule has 1 heterocycles. The van der Waals surface area contributed by atoms with E-state index in [9.17, 15) is 13.2 Å². The lowest BCUT2D eigenvalue weighted by Gasteiger charge is -2.19. The fraction of sp³-hybridized carbons (Fsp3) is 0.357. The minimum Gasteiger partial charge on any atom is -0.306 e. The van der Waals surface area contributed by atoms with Gasteiger partial charge in [0.15, 0.2) is 17.5 Å². The molecule has 0 atom stereocenters. The van der Waals surface area contributed by atoms with Crippen LogP contribution < -0.4 is 5.32 Å². The quantitative estimate of drug-likeness (QED) is 0.877. The Bertz CT molecular complexity index is 615. The predicted octanol–water partition coefficient (Wildman–Crippen LogP) is 3.18. The molecule has 0 spiro atoms. The highest BCUT2D eigenvalue weighted by Crippen LogP contribution is 2.17. The normalized spacial score (nSPS) is 11.9. The van der Waals surface area contributed by atoms with E-state index in [-0.39, 0.29) is 11.2 Å². The van der Waals surface area contributed by atoms with Gasteiger partial charge in [-0.2, -0.15) is 5.10 Å². The van der Waals surface area contributed by atoms with Crippen molar-refractivity contribution in [1.82, 2.24) is 15.1 Å². The molecule has 0 fully saturated rings. The highest BCUT2D eigenvalue weighted by Gasteiger charge is 2.13. The van der Waals surface area contributed by atoms with Gasteiger partial charge in [0.1, 0.15) is 5.69 Å². The van der Waals surface area contributed by atoms with Crippen molar-refractivity contribution in [3.8, 4) is 5.69 Å². The Morgan fingerprint density at radius 1 is 1.10 bits per heavy atom. The molecule has 0 saturated carbocycles. The summed E-state index contributed by atoms with van der Waals surface area (Å²) in [6.07, 6.45) is 1.51. The maximum Gasteiger partial charge on any atom is 0.161 e. The summed E-state index contributed by atoms with van der Waals surface area (Å²) in [6, 6.07) is 3.00. The Morgan fingerprint density at radius 2 is 1.75 bits per heavy atom. The van der Waals surface area contributed by atoms with E-state index in [1.54, 1.807) is 6.07 Å². The molecule has 0 amide bonds. The monoisotopic (exact) mass is 283 g/mol. The molecule has 0 aliphatic heterocycles. The number of aromatic nitrogens is 2. The number of benzene rings is 1. The van der Waals surface area contributed by atoms with E-state index >= 15 is 0 Å². The van der Waals surface area contributed by atoms with Gasteiger partial charge in [0.05, 0.1) is 5.69 Å². The van der Waals surface area contributed by atoms with Crippen LogP contribution in [0.3, 0.4) is 0 Å². The molecule has 0 aliphatic rings. The Hall–Kier alpha value is -1.82. The van der Waals surface area contributed by atoms with Gasteiger partial charge in [0.2, 0.25) is 0 Å². The second-order valence-corrected chi connectivity index (χ2v) is 5.57. The molecule has 3 nitrogen and oxygen atoms in total. The minimum atomic E-state index is -1.21. The van der Waals surface area contributed by atoms with Gasteiger partial charge in [0, 0.05) is 30.4 Å². The van der Waals surface area contributed by atoms with Gasteiger partial charge in [-0.05, 0) is 26.8 Å². The number of nitrogens with one attached hydrogen (secondary N) is 1. The van der Waals surface area contributed by atoms with E-state index < -0.39 is 17.5 Å². The lowest BCUT2D eigenvalue weighted by Crippen LogP contribution is -2.35. The van der Waals surface area contributed by atoms with Crippen LogP contribution >= 0.6 is 0 Å². The molecule has 0 aliphatic carbocycles. The lowest BCUT2D eigenvalue weighted by molar-refractivity contribution is 0.420. The van der Waals surface area contributed by atoms with Gasteiger partial charge in [-0.25, -0.2) is 17.9 Å². The predicted molar refractivity (Wildman–Crippen MR) is 70.0 cm³/mol. The van der Waals surface area contributed by atoms with Crippen molar-refractivity contribution in [2.45, 2.75) is 32.9 Å². The molecule has 0 saturated heterocycles. The van der Waals surface area contributed by atoms with Gasteiger partial charge in [0.25, 0.3) is 0 Å². The molecule has 2 rings (SSSR count). The van der Waals surface area contributed by atoms with E-state index in [0.717, 1.165) is 6.07 Å². The van der Waals surface area contributed by atoms with Crippen molar-refractivity contribution in [3.63, 3.8) is 0 Å². The van der Waals surface area contributed by atoms with E-state index in [2.05, 4.69) is 10.4 Å². The smallest absolute Gasteiger partial charge is 0.161 e. The summed E-state index contributed by atoms with van der Waals surface area (Å²) in [4.78, 5) is 0. The average Bonchev–Trinajstić information content (AvgIpc) is 2.79. The van der Waals surface area contributed by atoms with E-state index in [1.807, 2.05) is 20.8 Å². The van der Waals surface area contributed by atoms with E-state index in [4.69, 9.17) is 0 Å². The summed E-state index contributed by atoms with van der Waals surface area (Å²) in [5, 5.41) is 7.37. The van der Waals surface area contributed by atoms with Crippen LogP contribution in [0.5, 0.6) is 0 Å². The zero-order valence-electron chi connectivity index (χ0n) is 11.5. The summed E-state index contributed by atoms with van der Waals surface area (Å²) in [7, 11) is 0. The standard InChI is InChI=1S/C14H16F3N3/c1-14(2,3)18-8-9-4-5-20(19-9)13-7-11(16)10(15)6-12(13)17/h4-7,18H,8H2,1-3H3. The highest BCUT2D eigenvalue weighted by atomic mass is 19.2. The van der Waals surface area contributed by atoms with Crippen molar-refractivity contribution >= 4 is 0 Å². The first kappa shape index (κ1) is 14.6. The van der Waals surface area contributed by atoms with Crippen LogP contribution in [0.1, 0.15) is 26.5 Å². The molecular formula is C14H16F3N3. The lowest BCUT2D eigenvalue weighted by atomic mass is 10.1. The zero-order valence-corrected chi connectivity index (χ0v) is 11.5. The topological polar surface area (TPSA) is 29.9 Å². The molecule has 0 unspecified atom stereocenters. The third-order valence-corrected chi connectivity index (χ3v) is 2.68. The Morgan fingerprint density at radius 3 is 2.40 bits per heavy atom. The minimum absolute atomic E-state index is 0.0724. The summed E-state index contributed by atoms with van der Waals surface area (Å²) in [5.41, 5.74) is 0.492. The largest absolute Gasteiger partial charge is 0.306 e. The summed E-state index contributed by atoms with van der Waals surface area (Å²) in [5.74, 6) is -3.18. The van der Waals surface area contributed by atoms with Crippen LogP contribution in [0.2, 0.25) is 0 Å². The third kappa shape index (κ3) is 3.39. The van der Waals surface area contributed by atoms with E-state index in [1.165, 1.54) is 10.9 Å². The maximum atomic E-state index is 13.6. The van der Waals surface area contributed by atoms with Crippen molar-refractivity contribution in [3.05, 3.63) is 47.5 Å². The first-order valence-corrected chi connectivity index (χ1v) is 6.21. The van der Waals surface area contributed by atoms with Crippen molar-refractivity contribution in [2.75, 3.05) is 0 Å². The Kier molecular flexibility index (Phi) is 3.85. The molecule has 1 aromatic carbocycles. The van der Waals surface area contributed by atoms with Crippen LogP contribution in [0.25, 0.3) is 5.69 Å². The number of hydrogen-bond acceptors (Lipinski definition) is 2. The molecular weight excluding hydrogens is 267 g/mol. The molecule has 0 radical (unpaired) electrons. The molecule has 0 bridgehead atoms. The third-order valence-electron chi connectivity index (χ3n) is 2.68. The van der Waals surface area contributed by atoms with Gasteiger partial charge >= 0.3 is 0 Å². The second-order valence-electron chi connectivity index (χ2n) is 5.57. The van der Waals surface area contributed by atoms with Gasteiger partial charge in [-0.3, -0.25) is 0 Å². The van der Waals surface area contributed by atoms with E-state index in [0.29, 0.717) is 18.3 Å². The maximum absolute atomic E-state index is 13.6. The van der Waals surface area contributed by atoms with Gasteiger partial charge < -0.3 is 5.32 Å². The molecule has 6 heteroatoms. The summed E-state index contributed by atoms with van der Waals surface area (Å²) < 4.78 is 40.8. The first-order valence-electron chi connectivity index (χ1n) is 6.21. The number of halogens is 3. The number of hydrogen-bond donors (Lipinski definition) is 1. The summed E-state index contributed by atoms with van der Waals surface area (Å²) >= 11 is 0. The van der Waals surface area contributed by atoms with Crippen LogP contribution in [-0.2, 0) is 6.54 Å². The van der Waals surface area contributed by atoms with Gasteiger partial charge in [-0.1, -0.05) is 0 Å². The fourth-order valence-corrected chi connectivity index (χ4v) is 1.63. The van der Waals surface area contributed by atoms with Crippen LogP contribution in [0.15, 0.2) is 24.4 Å². The average molecular weight is 283 g/mol. The SMILES string of the molecule is CC(C)(C)NCc1ccn(-c2cc(F)c(F)cc2F)n1. The number of rotatable bonds is 3. The van der Waals surface area contributed by atoms with Gasteiger partial charge in [-0.15, -0.1) is 0 Å². The van der Waals surface area contributed by atoms with Crippen molar-refractivity contribution in [1.29, 1.82) is 0 Å². The highest BCUT2D eigenvalue weighted by molar-refractivity contribution is 5.34. The Balaban J connectivity index is 2.23. The molecule has 1 aromatic heterocycles. The first-order chi connectivity index (χ1) is 9.26. The van der Waals surface area contributed by atoms with Crippen LogP contribution in [-0.4, -0.2) is 15.3 Å². The van der Waals surface area contributed by atoms with Crippen molar-refractivity contribution < 1.29 is 13.2 Å². The molecule has 20 heavy (non-hydrogen) atoms. The fourth-order valence-electron chi connectivity index (χ4n) is 1.63. The van der Waals surface area contributed by atoms with Crippen LogP contribution in [0, 0.1) is 17.5 Å². The Labute approximate surface area is 115 Å².